The molecule has 21 heavy (non-hydrogen) atoms. The minimum atomic E-state index is -1.30. The summed E-state index contributed by atoms with van der Waals surface area (Å²) in [6.07, 6.45) is 3.78. The maximum absolute atomic E-state index is 11.8. The Balaban J connectivity index is 2.52. The van der Waals surface area contributed by atoms with E-state index in [9.17, 15) is 14.4 Å². The summed E-state index contributed by atoms with van der Waals surface area (Å²) in [5, 5.41) is 13.9. The molecule has 1 rings (SSSR count). The molecule has 0 radical (unpaired) electrons. The average Bonchev–Trinajstić information content (AvgIpc) is 2.85. The van der Waals surface area contributed by atoms with Gasteiger partial charge in [-0.15, -0.1) is 0 Å². The number of rotatable bonds is 7. The van der Waals surface area contributed by atoms with Crippen molar-refractivity contribution < 1.29 is 19.5 Å². The highest BCUT2D eigenvalue weighted by Crippen LogP contribution is 2.32. The first-order chi connectivity index (χ1) is 9.77. The van der Waals surface area contributed by atoms with Crippen molar-refractivity contribution in [2.24, 2.45) is 5.73 Å². The SMILES string of the molecule is CN(C)C1(CNC(=O)NC(CC(N)=O)C(=O)O)CCCC1. The summed E-state index contributed by atoms with van der Waals surface area (Å²) in [4.78, 5) is 35.6. The molecule has 8 heteroatoms. The van der Waals surface area contributed by atoms with Gasteiger partial charge in [-0.05, 0) is 26.9 Å². The Hall–Kier alpha value is -1.83. The Bertz CT molecular complexity index is 405. The van der Waals surface area contributed by atoms with Crippen LogP contribution in [0.5, 0.6) is 0 Å². The molecule has 0 aliphatic heterocycles. The molecule has 0 bridgehead atoms. The van der Waals surface area contributed by atoms with Gasteiger partial charge in [0, 0.05) is 12.1 Å². The van der Waals surface area contributed by atoms with Crippen molar-refractivity contribution in [3.63, 3.8) is 0 Å². The summed E-state index contributed by atoms with van der Waals surface area (Å²) in [7, 11) is 3.94. The molecule has 0 spiro atoms. The van der Waals surface area contributed by atoms with E-state index in [2.05, 4.69) is 15.5 Å². The number of aliphatic carboxylic acids is 1. The Kier molecular flexibility index (Phi) is 5.95. The van der Waals surface area contributed by atoms with Crippen LogP contribution in [-0.2, 0) is 9.59 Å². The lowest BCUT2D eigenvalue weighted by Gasteiger charge is -2.36. The van der Waals surface area contributed by atoms with Gasteiger partial charge in [0.2, 0.25) is 5.91 Å². The first-order valence-corrected chi connectivity index (χ1v) is 7.00. The molecule has 1 aliphatic carbocycles. The van der Waals surface area contributed by atoms with Crippen molar-refractivity contribution >= 4 is 17.9 Å². The maximum atomic E-state index is 11.8. The summed E-state index contributed by atoms with van der Waals surface area (Å²) >= 11 is 0. The smallest absolute Gasteiger partial charge is 0.326 e. The van der Waals surface area contributed by atoms with Crippen molar-refractivity contribution in [1.82, 2.24) is 15.5 Å². The number of nitrogens with zero attached hydrogens (tertiary/aromatic N) is 1. The number of carbonyl (C=O) groups excluding carboxylic acids is 2. The van der Waals surface area contributed by atoms with E-state index in [0.29, 0.717) is 6.54 Å². The van der Waals surface area contributed by atoms with Gasteiger partial charge in [0.25, 0.3) is 0 Å². The molecule has 1 fully saturated rings. The van der Waals surface area contributed by atoms with Gasteiger partial charge < -0.3 is 26.4 Å². The lowest BCUT2D eigenvalue weighted by molar-refractivity contribution is -0.140. The predicted molar refractivity (Wildman–Crippen MR) is 76.7 cm³/mol. The summed E-state index contributed by atoms with van der Waals surface area (Å²) in [6.45, 7) is 0.439. The van der Waals surface area contributed by atoms with Gasteiger partial charge in [-0.1, -0.05) is 12.8 Å². The number of carboxylic acid groups (broad SMARTS) is 1. The fourth-order valence-corrected chi connectivity index (χ4v) is 2.67. The quantitative estimate of drug-likeness (QED) is 0.504. The van der Waals surface area contributed by atoms with E-state index in [0.717, 1.165) is 25.7 Å². The second-order valence-corrected chi connectivity index (χ2v) is 5.71. The van der Waals surface area contributed by atoms with Crippen LogP contribution in [0.1, 0.15) is 32.1 Å². The fraction of sp³-hybridized carbons (Fsp3) is 0.769. The number of primary amides is 1. The highest BCUT2D eigenvalue weighted by Gasteiger charge is 2.36. The maximum Gasteiger partial charge on any atom is 0.326 e. The Morgan fingerprint density at radius 3 is 2.29 bits per heavy atom. The number of nitrogens with two attached hydrogens (primary N) is 1. The molecule has 1 aliphatic rings. The Labute approximate surface area is 124 Å². The van der Waals surface area contributed by atoms with Crippen LogP contribution in [0.15, 0.2) is 0 Å². The third kappa shape index (κ3) is 4.89. The summed E-state index contributed by atoms with van der Waals surface area (Å²) in [5.74, 6) is -2.06. The number of carbonyl (C=O) groups is 3. The van der Waals surface area contributed by atoms with Crippen LogP contribution >= 0.6 is 0 Å². The standard InChI is InChI=1S/C13H24N4O4/c1-17(2)13(5-3-4-6-13)8-15-12(21)16-9(11(19)20)7-10(14)18/h9H,3-8H2,1-2H3,(H2,14,18)(H,19,20)(H2,15,16,21). The van der Waals surface area contributed by atoms with Crippen LogP contribution in [0.3, 0.4) is 0 Å². The van der Waals surface area contributed by atoms with Crippen molar-refractivity contribution in [2.45, 2.75) is 43.7 Å². The molecule has 3 amide bonds. The number of amides is 3. The van der Waals surface area contributed by atoms with E-state index in [-0.39, 0.29) is 5.54 Å². The van der Waals surface area contributed by atoms with Gasteiger partial charge >= 0.3 is 12.0 Å². The van der Waals surface area contributed by atoms with Crippen molar-refractivity contribution in [2.75, 3.05) is 20.6 Å². The average molecular weight is 300 g/mol. The third-order valence-electron chi connectivity index (χ3n) is 4.07. The van der Waals surface area contributed by atoms with Crippen LogP contribution in [0, 0.1) is 0 Å². The first kappa shape index (κ1) is 17.2. The van der Waals surface area contributed by atoms with E-state index < -0.39 is 30.4 Å². The molecular weight excluding hydrogens is 276 g/mol. The topological polar surface area (TPSA) is 125 Å². The van der Waals surface area contributed by atoms with Gasteiger partial charge in [0.15, 0.2) is 0 Å². The molecule has 120 valence electrons. The molecule has 5 N–H and O–H groups in total. The number of hydrogen-bond acceptors (Lipinski definition) is 4. The van der Waals surface area contributed by atoms with Crippen molar-refractivity contribution in [3.8, 4) is 0 Å². The zero-order chi connectivity index (χ0) is 16.0. The van der Waals surface area contributed by atoms with Crippen molar-refractivity contribution in [3.05, 3.63) is 0 Å². The lowest BCUT2D eigenvalue weighted by atomic mass is 9.96. The van der Waals surface area contributed by atoms with Gasteiger partial charge in [-0.3, -0.25) is 4.79 Å². The van der Waals surface area contributed by atoms with Gasteiger partial charge in [-0.2, -0.15) is 0 Å². The summed E-state index contributed by atoms with van der Waals surface area (Å²) < 4.78 is 0. The first-order valence-electron chi connectivity index (χ1n) is 7.00. The highest BCUT2D eigenvalue weighted by molar-refractivity contribution is 5.87. The van der Waals surface area contributed by atoms with E-state index in [1.54, 1.807) is 0 Å². The monoisotopic (exact) mass is 300 g/mol. The predicted octanol–water partition coefficient (Wildman–Crippen LogP) is -0.511. The molecule has 1 saturated carbocycles. The number of carboxylic acids is 1. The van der Waals surface area contributed by atoms with Gasteiger partial charge in [0.05, 0.1) is 6.42 Å². The number of hydrogen-bond donors (Lipinski definition) is 4. The van der Waals surface area contributed by atoms with Crippen molar-refractivity contribution in [1.29, 1.82) is 0 Å². The molecule has 1 atom stereocenters. The number of likely N-dealkylation sites (N-methyl/N-ethyl adjacent to an activating group) is 1. The second-order valence-electron chi connectivity index (χ2n) is 5.71. The molecule has 0 aromatic rings. The van der Waals surface area contributed by atoms with Crippen LogP contribution in [-0.4, -0.2) is 60.1 Å². The van der Waals surface area contributed by atoms with Crippen LogP contribution < -0.4 is 16.4 Å². The normalized spacial score (nSPS) is 18.2. The van der Waals surface area contributed by atoms with Crippen LogP contribution in [0.2, 0.25) is 0 Å². The van der Waals surface area contributed by atoms with Gasteiger partial charge in [-0.25, -0.2) is 9.59 Å². The molecule has 8 nitrogen and oxygen atoms in total. The molecule has 1 unspecified atom stereocenters. The zero-order valence-electron chi connectivity index (χ0n) is 12.5. The molecule has 0 aromatic carbocycles. The largest absolute Gasteiger partial charge is 0.480 e. The Morgan fingerprint density at radius 1 is 1.29 bits per heavy atom. The summed E-state index contributed by atoms with van der Waals surface area (Å²) in [6, 6.07) is -1.90. The fourth-order valence-electron chi connectivity index (χ4n) is 2.67. The third-order valence-corrected chi connectivity index (χ3v) is 4.07. The number of nitrogens with one attached hydrogen (secondary N) is 2. The zero-order valence-corrected chi connectivity index (χ0v) is 12.5. The minimum Gasteiger partial charge on any atom is -0.480 e. The van der Waals surface area contributed by atoms with Gasteiger partial charge in [0.1, 0.15) is 6.04 Å². The summed E-state index contributed by atoms with van der Waals surface area (Å²) in [5.41, 5.74) is 4.88. The lowest BCUT2D eigenvalue weighted by Crippen LogP contribution is -2.54. The van der Waals surface area contributed by atoms with E-state index in [4.69, 9.17) is 10.8 Å². The van der Waals surface area contributed by atoms with Crippen LogP contribution in [0.4, 0.5) is 4.79 Å². The minimum absolute atomic E-state index is 0.0836. The molecular formula is C13H24N4O4. The van der Waals surface area contributed by atoms with Crippen LogP contribution in [0.25, 0.3) is 0 Å². The second kappa shape index (κ2) is 7.26. The van der Waals surface area contributed by atoms with E-state index in [1.165, 1.54) is 0 Å². The molecule has 0 heterocycles. The van der Waals surface area contributed by atoms with E-state index in [1.807, 2.05) is 14.1 Å². The van der Waals surface area contributed by atoms with E-state index >= 15 is 0 Å². The molecule has 0 saturated heterocycles. The molecule has 0 aromatic heterocycles. The highest BCUT2D eigenvalue weighted by atomic mass is 16.4. The number of urea groups is 1. The Morgan fingerprint density at radius 2 is 1.86 bits per heavy atom.